The number of carbonyl (C=O) groups excluding carboxylic acids is 2. The van der Waals surface area contributed by atoms with E-state index >= 15 is 0 Å². The van der Waals surface area contributed by atoms with Gasteiger partial charge < -0.3 is 10.1 Å². The minimum atomic E-state index is -0.228. The van der Waals surface area contributed by atoms with Gasteiger partial charge in [-0.05, 0) is 37.3 Å². The summed E-state index contributed by atoms with van der Waals surface area (Å²) in [5.41, 5.74) is 1.97. The van der Waals surface area contributed by atoms with Gasteiger partial charge in [-0.2, -0.15) is 0 Å². The molecule has 0 fully saturated rings. The van der Waals surface area contributed by atoms with Crippen LogP contribution in [0.2, 0.25) is 4.34 Å². The van der Waals surface area contributed by atoms with E-state index in [-0.39, 0.29) is 18.1 Å². The number of carbonyl (C=O) groups is 2. The van der Waals surface area contributed by atoms with Gasteiger partial charge in [0, 0.05) is 16.5 Å². The number of thiazole rings is 1. The third kappa shape index (κ3) is 4.30. The van der Waals surface area contributed by atoms with Crippen molar-refractivity contribution in [3.63, 3.8) is 0 Å². The third-order valence-corrected chi connectivity index (χ3v) is 5.63. The van der Waals surface area contributed by atoms with Crippen LogP contribution in [0.1, 0.15) is 22.8 Å². The molecule has 3 aromatic rings. The average molecular weight is 407 g/mol. The highest BCUT2D eigenvalue weighted by atomic mass is 35.5. The van der Waals surface area contributed by atoms with Gasteiger partial charge in [-0.15, -0.1) is 22.7 Å². The van der Waals surface area contributed by atoms with Crippen LogP contribution in [0.15, 0.2) is 35.7 Å². The van der Waals surface area contributed by atoms with E-state index in [0.717, 1.165) is 10.6 Å². The number of nitrogens with zero attached hydrogens (tertiary/aromatic N) is 1. The van der Waals surface area contributed by atoms with Crippen molar-refractivity contribution in [3.8, 4) is 16.3 Å². The van der Waals surface area contributed by atoms with Crippen LogP contribution in [-0.4, -0.2) is 23.8 Å². The van der Waals surface area contributed by atoms with E-state index in [0.29, 0.717) is 26.3 Å². The topological polar surface area (TPSA) is 68.3 Å². The molecule has 2 heterocycles. The summed E-state index contributed by atoms with van der Waals surface area (Å²) in [6.45, 7) is 1.49. The van der Waals surface area contributed by atoms with Crippen molar-refractivity contribution in [3.05, 3.63) is 51.2 Å². The first-order valence-electron chi connectivity index (χ1n) is 7.65. The number of methoxy groups -OCH3 is 1. The van der Waals surface area contributed by atoms with Crippen LogP contribution < -0.4 is 10.1 Å². The van der Waals surface area contributed by atoms with Crippen LogP contribution in [0.5, 0.6) is 5.75 Å². The SMILES string of the molecule is COc1ccc(C(C)=O)cc1CC(=O)Nc1nc(-c2ccc(Cl)s2)cs1. The Morgan fingerprint density at radius 1 is 1.27 bits per heavy atom. The summed E-state index contributed by atoms with van der Waals surface area (Å²) in [6.07, 6.45) is 0.0873. The smallest absolute Gasteiger partial charge is 0.230 e. The van der Waals surface area contributed by atoms with Gasteiger partial charge in [-0.3, -0.25) is 9.59 Å². The van der Waals surface area contributed by atoms with Crippen LogP contribution in [0.4, 0.5) is 5.13 Å². The zero-order chi connectivity index (χ0) is 18.7. The Hall–Kier alpha value is -2.22. The second-order valence-corrected chi connectivity index (χ2v) is 8.02. The lowest BCUT2D eigenvalue weighted by atomic mass is 10.0. The van der Waals surface area contributed by atoms with Crippen molar-refractivity contribution >= 4 is 51.1 Å². The molecule has 0 unspecified atom stereocenters. The molecule has 0 radical (unpaired) electrons. The first-order valence-corrected chi connectivity index (χ1v) is 9.72. The number of ether oxygens (including phenoxy) is 1. The number of nitrogens with one attached hydrogen (secondary N) is 1. The molecule has 0 bridgehead atoms. The van der Waals surface area contributed by atoms with E-state index in [2.05, 4.69) is 10.3 Å². The number of aromatic nitrogens is 1. The Morgan fingerprint density at radius 3 is 2.73 bits per heavy atom. The highest BCUT2D eigenvalue weighted by molar-refractivity contribution is 7.20. The van der Waals surface area contributed by atoms with Crippen molar-refractivity contribution in [2.24, 2.45) is 0 Å². The summed E-state index contributed by atoms with van der Waals surface area (Å²) in [5.74, 6) is 0.279. The lowest BCUT2D eigenvalue weighted by Gasteiger charge is -2.09. The number of anilines is 1. The van der Waals surface area contributed by atoms with Gasteiger partial charge in [0.1, 0.15) is 5.75 Å². The first kappa shape index (κ1) is 18.6. The van der Waals surface area contributed by atoms with Crippen molar-refractivity contribution < 1.29 is 14.3 Å². The Labute approximate surface area is 163 Å². The summed E-state index contributed by atoms with van der Waals surface area (Å²) in [6, 6.07) is 8.77. The van der Waals surface area contributed by atoms with Gasteiger partial charge in [-0.1, -0.05) is 11.6 Å². The molecule has 5 nitrogen and oxygen atoms in total. The number of benzene rings is 1. The standard InChI is InChI=1S/C18H15ClN2O3S2/c1-10(22)11-3-4-14(24-2)12(7-11)8-17(23)21-18-20-13(9-25-18)15-5-6-16(19)26-15/h3-7,9H,8H2,1-2H3,(H,20,21,23). The van der Waals surface area contributed by atoms with E-state index in [1.54, 1.807) is 18.2 Å². The van der Waals surface area contributed by atoms with Crippen LogP contribution in [0, 0.1) is 0 Å². The Kier molecular flexibility index (Phi) is 5.70. The van der Waals surface area contributed by atoms with Crippen molar-refractivity contribution in [1.29, 1.82) is 0 Å². The van der Waals surface area contributed by atoms with Crippen molar-refractivity contribution in [2.75, 3.05) is 12.4 Å². The lowest BCUT2D eigenvalue weighted by Crippen LogP contribution is -2.15. The molecule has 3 rings (SSSR count). The fourth-order valence-corrected chi connectivity index (χ4v) is 4.17. The summed E-state index contributed by atoms with van der Waals surface area (Å²) >= 11 is 8.72. The monoisotopic (exact) mass is 406 g/mol. The Balaban J connectivity index is 1.72. The zero-order valence-corrected chi connectivity index (χ0v) is 16.4. The molecule has 0 spiro atoms. The molecule has 0 atom stereocenters. The minimum Gasteiger partial charge on any atom is -0.496 e. The van der Waals surface area contributed by atoms with E-state index in [1.807, 2.05) is 17.5 Å². The Bertz CT molecular complexity index is 965. The Morgan fingerprint density at radius 2 is 2.08 bits per heavy atom. The number of thiophene rings is 1. The van der Waals surface area contributed by atoms with Crippen LogP contribution in [0.3, 0.4) is 0 Å². The first-order chi connectivity index (χ1) is 12.5. The maximum atomic E-state index is 12.4. The highest BCUT2D eigenvalue weighted by Gasteiger charge is 2.14. The quantitative estimate of drug-likeness (QED) is 0.590. The second kappa shape index (κ2) is 7.99. The van der Waals surface area contributed by atoms with E-state index in [9.17, 15) is 9.59 Å². The molecule has 1 amide bonds. The molecule has 134 valence electrons. The van der Waals surface area contributed by atoms with Gasteiger partial charge in [0.15, 0.2) is 10.9 Å². The molecular formula is C18H15ClN2O3S2. The predicted molar refractivity (Wildman–Crippen MR) is 106 cm³/mol. The molecule has 0 saturated heterocycles. The van der Waals surface area contributed by atoms with Crippen LogP contribution in [-0.2, 0) is 11.2 Å². The molecule has 1 aromatic carbocycles. The summed E-state index contributed by atoms with van der Waals surface area (Å²) in [5, 5.41) is 5.17. The summed E-state index contributed by atoms with van der Waals surface area (Å²) in [4.78, 5) is 29.3. The van der Waals surface area contributed by atoms with Gasteiger partial charge in [0.05, 0.1) is 28.4 Å². The van der Waals surface area contributed by atoms with Gasteiger partial charge >= 0.3 is 0 Å². The fraction of sp³-hybridized carbons (Fsp3) is 0.167. The maximum Gasteiger partial charge on any atom is 0.230 e. The molecule has 0 aliphatic carbocycles. The molecule has 0 saturated carbocycles. The summed E-state index contributed by atoms with van der Waals surface area (Å²) < 4.78 is 5.97. The molecule has 26 heavy (non-hydrogen) atoms. The average Bonchev–Trinajstić information content (AvgIpc) is 3.23. The molecule has 1 N–H and O–H groups in total. The summed E-state index contributed by atoms with van der Waals surface area (Å²) in [7, 11) is 1.53. The second-order valence-electron chi connectivity index (χ2n) is 5.45. The normalized spacial score (nSPS) is 10.6. The number of hydrogen-bond acceptors (Lipinski definition) is 6. The van der Waals surface area contributed by atoms with Crippen molar-refractivity contribution in [1.82, 2.24) is 4.98 Å². The number of rotatable bonds is 6. The number of amides is 1. The van der Waals surface area contributed by atoms with E-state index in [4.69, 9.17) is 16.3 Å². The maximum absolute atomic E-state index is 12.4. The number of hydrogen-bond donors (Lipinski definition) is 1. The zero-order valence-electron chi connectivity index (χ0n) is 14.0. The fourth-order valence-electron chi connectivity index (χ4n) is 2.37. The number of ketones is 1. The van der Waals surface area contributed by atoms with Gasteiger partial charge in [0.2, 0.25) is 5.91 Å². The van der Waals surface area contributed by atoms with E-state index < -0.39 is 0 Å². The van der Waals surface area contributed by atoms with Crippen LogP contribution in [0.25, 0.3) is 10.6 Å². The van der Waals surface area contributed by atoms with Gasteiger partial charge in [-0.25, -0.2) is 4.98 Å². The largest absolute Gasteiger partial charge is 0.496 e. The van der Waals surface area contributed by atoms with Gasteiger partial charge in [0.25, 0.3) is 0 Å². The number of halogens is 1. The van der Waals surface area contributed by atoms with Crippen LogP contribution >= 0.6 is 34.3 Å². The van der Waals surface area contributed by atoms with Crippen molar-refractivity contribution in [2.45, 2.75) is 13.3 Å². The molecule has 0 aliphatic heterocycles. The molecule has 8 heteroatoms. The molecule has 2 aromatic heterocycles. The third-order valence-electron chi connectivity index (χ3n) is 3.61. The molecular weight excluding hydrogens is 392 g/mol. The number of Topliss-reactive ketones (excluding diaryl/α,β-unsaturated/α-hetero) is 1. The minimum absolute atomic E-state index is 0.0616. The van der Waals surface area contributed by atoms with E-state index in [1.165, 1.54) is 36.7 Å². The lowest BCUT2D eigenvalue weighted by molar-refractivity contribution is -0.115. The molecule has 0 aliphatic rings. The highest BCUT2D eigenvalue weighted by Crippen LogP contribution is 2.33. The predicted octanol–water partition coefficient (Wildman–Crippen LogP) is 4.92.